The van der Waals surface area contributed by atoms with Crippen molar-refractivity contribution in [3.8, 4) is 0 Å². The molecule has 0 aliphatic heterocycles. The summed E-state index contributed by atoms with van der Waals surface area (Å²) in [5.41, 5.74) is 0. The van der Waals surface area contributed by atoms with Crippen LogP contribution >= 0.6 is 0 Å². The quantitative estimate of drug-likeness (QED) is 0.581. The molecule has 0 bridgehead atoms. The molecule has 2 N–H and O–H groups in total. The minimum atomic E-state index is 0. The zero-order valence-corrected chi connectivity index (χ0v) is 6.28. The van der Waals surface area contributed by atoms with Gasteiger partial charge in [-0.25, -0.2) is 9.56 Å². The van der Waals surface area contributed by atoms with E-state index in [9.17, 15) is 0 Å². The predicted molar refractivity (Wildman–Crippen MR) is 45.4 cm³/mol. The van der Waals surface area contributed by atoms with E-state index in [2.05, 4.69) is 24.9 Å². The largest absolute Gasteiger partial charge is 0.235 e. The molecule has 0 unspecified atom stereocenters. The first-order valence-corrected chi connectivity index (χ1v) is 3.22. The third-order valence-corrected chi connectivity index (χ3v) is 1.000. The van der Waals surface area contributed by atoms with Gasteiger partial charge in [0, 0.05) is 24.9 Å². The zero-order chi connectivity index (χ0) is 6.83. The maximum atomic E-state index is 5.33. The van der Waals surface area contributed by atoms with Crippen LogP contribution in [0.15, 0.2) is 0 Å². The molecule has 1 rings (SSSR count). The topological polar surface area (TPSA) is 47.7 Å². The smallest absolute Gasteiger partial charge is 0.0324 e. The normalized spacial score (nSPS) is 11.6. The molecule has 0 aromatic heterocycles. The summed E-state index contributed by atoms with van der Waals surface area (Å²) in [4.78, 5) is 0. The van der Waals surface area contributed by atoms with E-state index in [0.717, 1.165) is 0 Å². The Morgan fingerprint density at radius 1 is 0.667 bits per heavy atom. The Hall–Kier alpha value is 0.0400. The van der Waals surface area contributed by atoms with Crippen LogP contribution in [0.2, 0.25) is 0 Å². The third-order valence-electron chi connectivity index (χ3n) is 1.000. The van der Waals surface area contributed by atoms with Gasteiger partial charge in [-0.1, -0.05) is 33.1 Å². The predicted octanol–water partition coefficient (Wildman–Crippen LogP) is 2.79. The van der Waals surface area contributed by atoms with Gasteiger partial charge < -0.3 is 0 Å². The zero-order valence-electron chi connectivity index (χ0n) is 4.64. The summed E-state index contributed by atoms with van der Waals surface area (Å²) in [7, 11) is 0. The Morgan fingerprint density at radius 2 is 0.778 bits per heavy atom. The molecule has 0 atom stereocenters. The second kappa shape index (κ2) is 24.4. The lowest BCUT2D eigenvalue weighted by molar-refractivity contribution is 0.504. The van der Waals surface area contributed by atoms with Gasteiger partial charge in [0.05, 0.1) is 0 Å². The fourth-order valence-electron chi connectivity index (χ4n) is 0.250. The minimum absolute atomic E-state index is 0. The second-order valence-corrected chi connectivity index (χ2v) is 1.41. The maximum Gasteiger partial charge on any atom is 0.0324 e. The lowest BCUT2D eigenvalue weighted by Crippen LogP contribution is -1.85. The Balaban J connectivity index is -0.0000000651. The van der Waals surface area contributed by atoms with Gasteiger partial charge in [0.1, 0.15) is 0 Å². The van der Waals surface area contributed by atoms with Crippen LogP contribution in [0.4, 0.5) is 0 Å². The van der Waals surface area contributed by atoms with E-state index < -0.39 is 0 Å². The molecule has 1 aliphatic rings. The minimum Gasteiger partial charge on any atom is -0.235 e. The molecule has 1 aliphatic carbocycles. The molecule has 2 nitrogen and oxygen atoms in total. The van der Waals surface area contributed by atoms with E-state index >= 15 is 0 Å². The average molecular weight is 166 g/mol. The van der Waals surface area contributed by atoms with Crippen LogP contribution in [0.1, 0.15) is 33.1 Å². The lowest BCUT2D eigenvalue weighted by Gasteiger charge is -2.05. The molecule has 0 radical (unpaired) electrons. The maximum absolute atomic E-state index is 5.33. The number of nitrogens with one attached hydrogen (secondary N) is 2. The van der Waals surface area contributed by atoms with Crippen LogP contribution in [0.3, 0.4) is 0 Å². The van der Waals surface area contributed by atoms with Crippen molar-refractivity contribution in [2.45, 2.75) is 33.1 Å². The fourth-order valence-corrected chi connectivity index (χ4v) is 0.250. The van der Waals surface area contributed by atoms with Gasteiger partial charge in [-0.2, -0.15) is 0 Å². The highest BCUT2D eigenvalue weighted by Crippen LogP contribution is 2.15. The highest BCUT2D eigenvalue weighted by molar-refractivity contribution is 7.45. The molecule has 56 valence electrons. The summed E-state index contributed by atoms with van der Waals surface area (Å²) in [5, 5.41) is 0. The molecule has 0 saturated heterocycles. The van der Waals surface area contributed by atoms with Crippen LogP contribution in [0.5, 0.6) is 0 Å². The highest BCUT2D eigenvalue weighted by atomic mass is 32.1. The van der Waals surface area contributed by atoms with Crippen molar-refractivity contribution < 1.29 is 0 Å². The Bertz CT molecular complexity index is 33.9. The molecule has 1 saturated carbocycles. The fraction of sp³-hybridized carbons (Fsp3) is 1.00. The van der Waals surface area contributed by atoms with Gasteiger partial charge in [-0.15, -0.1) is 0 Å². The van der Waals surface area contributed by atoms with Crippen LogP contribution < -0.4 is 0 Å². The van der Waals surface area contributed by atoms with Crippen LogP contribution in [-0.4, -0.2) is 0 Å². The summed E-state index contributed by atoms with van der Waals surface area (Å²) < 4.78 is 10.7. The lowest BCUT2D eigenvalue weighted by atomic mass is 10.0. The van der Waals surface area contributed by atoms with Crippen molar-refractivity contribution >= 4 is 24.9 Å². The number of hydrogen-bond acceptors (Lipinski definition) is 4. The Morgan fingerprint density at radius 3 is 0.778 bits per heavy atom. The number of rotatable bonds is 0. The van der Waals surface area contributed by atoms with Gasteiger partial charge in [0.25, 0.3) is 0 Å². The second-order valence-electron chi connectivity index (χ2n) is 1.41. The van der Waals surface area contributed by atoms with Crippen LogP contribution in [0.25, 0.3) is 0 Å². The highest BCUT2D eigenvalue weighted by Gasteiger charge is 1.95. The van der Waals surface area contributed by atoms with Crippen LogP contribution in [0, 0.1) is 9.56 Å². The van der Waals surface area contributed by atoms with E-state index in [0.29, 0.717) is 0 Å². The Labute approximate surface area is 68.0 Å². The van der Waals surface area contributed by atoms with Crippen molar-refractivity contribution in [1.82, 2.24) is 0 Å². The standard InChI is InChI=1S/C4H8.CH4.2HNS/c1-2-4-3-1;;2*1-2/h1-4H2;1H4;2*1H. The summed E-state index contributed by atoms with van der Waals surface area (Å²) >= 11 is 6.67. The molecule has 0 amide bonds. The molecule has 0 heterocycles. The molecule has 4 heteroatoms. The SMILES string of the molecule is C.C1CCC1.N=S.N=S. The van der Waals surface area contributed by atoms with E-state index in [1.807, 2.05) is 0 Å². The van der Waals surface area contributed by atoms with E-state index in [4.69, 9.17) is 9.56 Å². The molecular weight excluding hydrogens is 152 g/mol. The van der Waals surface area contributed by atoms with Gasteiger partial charge >= 0.3 is 0 Å². The van der Waals surface area contributed by atoms with Crippen molar-refractivity contribution in [2.75, 3.05) is 0 Å². The summed E-state index contributed by atoms with van der Waals surface area (Å²) in [6, 6.07) is 0. The van der Waals surface area contributed by atoms with E-state index in [1.54, 1.807) is 0 Å². The molecular formula is C5H14N2S2. The summed E-state index contributed by atoms with van der Waals surface area (Å²) in [6.45, 7) is 0. The van der Waals surface area contributed by atoms with Gasteiger partial charge in [0.2, 0.25) is 0 Å². The summed E-state index contributed by atoms with van der Waals surface area (Å²) in [5.74, 6) is 0. The first kappa shape index (κ1) is 16.0. The van der Waals surface area contributed by atoms with Gasteiger partial charge in [-0.05, 0) is 0 Å². The molecule has 0 aromatic carbocycles. The van der Waals surface area contributed by atoms with Crippen molar-refractivity contribution in [1.29, 1.82) is 9.56 Å². The van der Waals surface area contributed by atoms with Crippen molar-refractivity contribution in [3.63, 3.8) is 0 Å². The Kier molecular flexibility index (Phi) is 43.5. The van der Waals surface area contributed by atoms with Gasteiger partial charge in [0.15, 0.2) is 0 Å². The molecule has 0 aromatic rings. The summed E-state index contributed by atoms with van der Waals surface area (Å²) in [6.07, 6.45) is 6.00. The third kappa shape index (κ3) is 18.0. The van der Waals surface area contributed by atoms with Crippen molar-refractivity contribution in [2.24, 2.45) is 0 Å². The molecule has 9 heavy (non-hydrogen) atoms. The van der Waals surface area contributed by atoms with Gasteiger partial charge in [-0.3, -0.25) is 0 Å². The van der Waals surface area contributed by atoms with E-state index in [-0.39, 0.29) is 7.43 Å². The van der Waals surface area contributed by atoms with Crippen LogP contribution in [-0.2, 0) is 24.9 Å². The first-order valence-electron chi connectivity index (χ1n) is 2.41. The molecule has 1 fully saturated rings. The first-order chi connectivity index (χ1) is 4.00. The van der Waals surface area contributed by atoms with Crippen molar-refractivity contribution in [3.05, 3.63) is 0 Å². The van der Waals surface area contributed by atoms with E-state index in [1.165, 1.54) is 25.7 Å². The monoisotopic (exact) mass is 166 g/mol. The molecule has 0 spiro atoms. The average Bonchev–Trinajstić information content (AvgIpc) is 1.72. The number of hydrogen-bond donors (Lipinski definition) is 2.